The van der Waals surface area contributed by atoms with E-state index in [-0.39, 0.29) is 41.8 Å². The summed E-state index contributed by atoms with van der Waals surface area (Å²) < 4.78 is 83.8. The van der Waals surface area contributed by atoms with Crippen LogP contribution in [-0.2, 0) is 0 Å². The molecule has 45 heavy (non-hydrogen) atoms. The molecule has 0 fully saturated rings. The van der Waals surface area contributed by atoms with Gasteiger partial charge in [-0.2, -0.15) is 0 Å². The van der Waals surface area contributed by atoms with Crippen LogP contribution >= 0.6 is 0 Å². The van der Waals surface area contributed by atoms with Crippen molar-refractivity contribution in [2.45, 2.75) is 0 Å². The first-order chi connectivity index (χ1) is 26.1. The molecule has 1 heteroatoms. The lowest BCUT2D eigenvalue weighted by molar-refractivity contribution is 0.669. The maximum Gasteiger partial charge on any atom is 0.136 e. The van der Waals surface area contributed by atoms with Crippen LogP contribution in [0.1, 0.15) is 12.3 Å². The van der Waals surface area contributed by atoms with Crippen LogP contribution in [0, 0.1) is 0 Å². The highest BCUT2D eigenvalue weighted by Crippen LogP contribution is 2.45. The Morgan fingerprint density at radius 3 is 1.51 bits per heavy atom. The largest absolute Gasteiger partial charge is 0.456 e. The van der Waals surface area contributed by atoms with Crippen molar-refractivity contribution in [3.05, 3.63) is 170 Å². The Morgan fingerprint density at radius 1 is 0.356 bits per heavy atom. The molecule has 1 aromatic heterocycles. The van der Waals surface area contributed by atoms with E-state index in [1.165, 1.54) is 0 Å². The monoisotopic (exact) mass is 581 g/mol. The maximum atomic E-state index is 9.45. The third kappa shape index (κ3) is 4.24. The molecule has 0 unspecified atom stereocenters. The van der Waals surface area contributed by atoms with E-state index in [1.54, 1.807) is 12.1 Å². The smallest absolute Gasteiger partial charge is 0.136 e. The SMILES string of the molecule is [2H]c1c([2H])c([2H])c(-c2ccc3c(c2)oc2cc(-c4c5ccccc5c(-c5c([2H])c([2H])c([2H])c(-c6ccccc6)c5[2H])c5ccccc45)ccc23)c([2H])c1[2H]. The molecule has 0 N–H and O–H groups in total. The zero-order valence-electron chi connectivity index (χ0n) is 32.9. The fraction of sp³-hybridized carbons (Fsp3) is 0. The van der Waals surface area contributed by atoms with Gasteiger partial charge in [0.25, 0.3) is 0 Å². The Hall–Kier alpha value is -5.92. The van der Waals surface area contributed by atoms with Crippen LogP contribution in [0.4, 0.5) is 0 Å². The number of hydrogen-bond donors (Lipinski definition) is 0. The number of benzene rings is 8. The van der Waals surface area contributed by atoms with Gasteiger partial charge < -0.3 is 4.42 Å². The minimum Gasteiger partial charge on any atom is -0.456 e. The topological polar surface area (TPSA) is 13.1 Å². The second-order valence-electron chi connectivity index (χ2n) is 11.0. The molecule has 9 aromatic rings. The quantitative estimate of drug-likeness (QED) is 0.188. The van der Waals surface area contributed by atoms with E-state index < -0.39 is 18.1 Å². The van der Waals surface area contributed by atoms with Gasteiger partial charge in [0.1, 0.15) is 11.2 Å². The molecular formula is C44H28O. The van der Waals surface area contributed by atoms with E-state index in [9.17, 15) is 1.37 Å². The third-order valence-electron chi connectivity index (χ3n) is 8.42. The summed E-state index contributed by atoms with van der Waals surface area (Å²) in [5, 5.41) is 5.05. The summed E-state index contributed by atoms with van der Waals surface area (Å²) in [6.45, 7) is 0. The van der Waals surface area contributed by atoms with Gasteiger partial charge in [-0.05, 0) is 96.4 Å². The molecule has 1 heterocycles. The molecule has 0 saturated carbocycles. The molecule has 0 spiro atoms. The van der Waals surface area contributed by atoms with Crippen LogP contribution in [-0.4, -0.2) is 0 Å². The first-order valence-corrected chi connectivity index (χ1v) is 14.7. The summed E-state index contributed by atoms with van der Waals surface area (Å²) in [7, 11) is 0. The number of fused-ring (bicyclic) bond motifs is 5. The van der Waals surface area contributed by atoms with Crippen LogP contribution in [0.5, 0.6) is 0 Å². The van der Waals surface area contributed by atoms with Crippen molar-refractivity contribution < 1.29 is 16.8 Å². The van der Waals surface area contributed by atoms with Crippen molar-refractivity contribution in [3.8, 4) is 44.5 Å². The van der Waals surface area contributed by atoms with Crippen molar-refractivity contribution >= 4 is 43.5 Å². The Bertz CT molecular complexity index is 2960. The lowest BCUT2D eigenvalue weighted by Gasteiger charge is -2.18. The Morgan fingerprint density at radius 2 is 0.867 bits per heavy atom. The van der Waals surface area contributed by atoms with Crippen LogP contribution < -0.4 is 0 Å². The van der Waals surface area contributed by atoms with Crippen molar-refractivity contribution in [2.24, 2.45) is 0 Å². The van der Waals surface area contributed by atoms with Gasteiger partial charge in [0.05, 0.1) is 12.3 Å². The molecule has 0 aliphatic carbocycles. The van der Waals surface area contributed by atoms with E-state index in [2.05, 4.69) is 0 Å². The van der Waals surface area contributed by atoms with Gasteiger partial charge in [-0.25, -0.2) is 0 Å². The predicted octanol–water partition coefficient (Wildman–Crippen LogP) is 12.6. The fourth-order valence-corrected chi connectivity index (χ4v) is 6.41. The first kappa shape index (κ1) is 18.0. The average molecular weight is 582 g/mol. The molecule has 210 valence electrons. The van der Waals surface area contributed by atoms with Gasteiger partial charge in [0.2, 0.25) is 0 Å². The Kier molecular flexibility index (Phi) is 4.15. The van der Waals surface area contributed by atoms with Crippen LogP contribution in [0.15, 0.2) is 174 Å². The molecule has 0 radical (unpaired) electrons. The van der Waals surface area contributed by atoms with Crippen molar-refractivity contribution in [3.63, 3.8) is 0 Å². The molecule has 1 nitrogen and oxygen atoms in total. The minimum atomic E-state index is -0.441. The minimum absolute atomic E-state index is 0.0296. The summed E-state index contributed by atoms with van der Waals surface area (Å²) in [5.41, 5.74) is 5.41. The number of hydrogen-bond acceptors (Lipinski definition) is 1. The van der Waals surface area contributed by atoms with Crippen molar-refractivity contribution in [1.82, 2.24) is 0 Å². The molecule has 0 amide bonds. The van der Waals surface area contributed by atoms with Gasteiger partial charge in [0, 0.05) is 10.8 Å². The molecule has 0 aliphatic rings. The number of furan rings is 1. The van der Waals surface area contributed by atoms with Gasteiger partial charge in [-0.3, -0.25) is 0 Å². The average Bonchev–Trinajstić information content (AvgIpc) is 3.56. The van der Waals surface area contributed by atoms with Crippen LogP contribution in [0.2, 0.25) is 0 Å². The Balaban J connectivity index is 1.28. The van der Waals surface area contributed by atoms with Crippen LogP contribution in [0.3, 0.4) is 0 Å². The van der Waals surface area contributed by atoms with E-state index in [0.717, 1.165) is 43.4 Å². The van der Waals surface area contributed by atoms with Gasteiger partial charge in [-0.1, -0.05) is 139 Å². The molecule has 0 atom stereocenters. The Labute approximate surface area is 274 Å². The first-order valence-electron chi connectivity index (χ1n) is 19.2. The zero-order chi connectivity index (χ0) is 37.6. The lowest BCUT2D eigenvalue weighted by Crippen LogP contribution is -1.91. The van der Waals surface area contributed by atoms with E-state index in [0.29, 0.717) is 39.0 Å². The summed E-state index contributed by atoms with van der Waals surface area (Å²) in [6, 6.07) is 33.9. The fourth-order valence-electron chi connectivity index (χ4n) is 6.41. The molecule has 0 aliphatic heterocycles. The highest BCUT2D eigenvalue weighted by molar-refractivity contribution is 6.22. The standard InChI is InChI=1S/C44H28O/c1-3-12-29(13-4-1)31-16-11-17-33(26-31)43-37-18-7-9-20-39(37)44(40-21-10-8-19-38(40)43)34-23-25-36-35-24-22-32(30-14-5-2-6-15-30)27-41(35)45-42(36)28-34/h1-28H/i2D,5D,6D,11D,14D,15D,16D,17D,26D. The second-order valence-corrected chi connectivity index (χ2v) is 11.0. The molecular weight excluding hydrogens is 544 g/mol. The summed E-state index contributed by atoms with van der Waals surface area (Å²) >= 11 is 0. The normalized spacial score (nSPS) is 14.4. The highest BCUT2D eigenvalue weighted by Gasteiger charge is 2.18. The van der Waals surface area contributed by atoms with Gasteiger partial charge in [0.15, 0.2) is 0 Å². The summed E-state index contributed by atoms with van der Waals surface area (Å²) in [5.74, 6) is 0. The van der Waals surface area contributed by atoms with Crippen LogP contribution in [0.25, 0.3) is 88.0 Å². The van der Waals surface area contributed by atoms with E-state index in [1.807, 2.05) is 103 Å². The lowest BCUT2D eigenvalue weighted by atomic mass is 9.85. The summed E-state index contributed by atoms with van der Waals surface area (Å²) in [4.78, 5) is 0. The van der Waals surface area contributed by atoms with E-state index in [4.69, 9.17) is 15.4 Å². The highest BCUT2D eigenvalue weighted by atomic mass is 16.3. The molecule has 8 aromatic carbocycles. The zero-order valence-corrected chi connectivity index (χ0v) is 23.9. The van der Waals surface area contributed by atoms with Gasteiger partial charge in [-0.15, -0.1) is 0 Å². The molecule has 0 bridgehead atoms. The third-order valence-corrected chi connectivity index (χ3v) is 8.42. The maximum absolute atomic E-state index is 9.45. The number of rotatable bonds is 4. The predicted molar refractivity (Wildman–Crippen MR) is 190 cm³/mol. The van der Waals surface area contributed by atoms with E-state index >= 15 is 0 Å². The van der Waals surface area contributed by atoms with Crippen molar-refractivity contribution in [1.29, 1.82) is 0 Å². The molecule has 9 rings (SSSR count). The second kappa shape index (κ2) is 10.4. The van der Waals surface area contributed by atoms with Crippen molar-refractivity contribution in [2.75, 3.05) is 0 Å². The van der Waals surface area contributed by atoms with Gasteiger partial charge >= 0.3 is 0 Å². The summed E-state index contributed by atoms with van der Waals surface area (Å²) in [6.07, 6.45) is 0. The molecule has 0 saturated heterocycles.